The van der Waals surface area contributed by atoms with Crippen LogP contribution in [-0.2, 0) is 20.8 Å². The number of amides is 1. The maximum absolute atomic E-state index is 13.3. The smallest absolute Gasteiger partial charge is 0.305 e. The zero-order valence-corrected chi connectivity index (χ0v) is 23.2. The summed E-state index contributed by atoms with van der Waals surface area (Å²) in [5.41, 5.74) is 0.0309. The third-order valence-corrected chi connectivity index (χ3v) is 6.12. The molecule has 0 aliphatic rings. The molecular formula is C26H42N7O5-. The molecule has 0 saturated carbocycles. The van der Waals surface area contributed by atoms with E-state index in [0.29, 0.717) is 25.1 Å². The molecule has 12 heteroatoms. The summed E-state index contributed by atoms with van der Waals surface area (Å²) in [6.07, 6.45) is 3.98. The van der Waals surface area contributed by atoms with Gasteiger partial charge in [0, 0.05) is 24.9 Å². The fourth-order valence-corrected chi connectivity index (χ4v) is 3.82. The summed E-state index contributed by atoms with van der Waals surface area (Å²) in [5, 5.41) is 32.4. The molecule has 12 nitrogen and oxygen atoms in total. The molecule has 0 fully saturated rings. The standard InChI is InChI=1S/C26H42N7O5/c1-6-10-13-32(5)16-22(34)20(14-23(35)36)31-25(37)21(9-4)33-15-17(7-2)30-24(26(33)38)29-12-11-19(28)18(27)8-3/h15,20-21,28H,6-14,16H2,1-5H3,(H,29,30)(H,31,37)(H,35,36)/q-1. The highest BCUT2D eigenvalue weighted by Crippen LogP contribution is 2.13. The van der Waals surface area contributed by atoms with Crippen LogP contribution in [0.25, 0.3) is 5.41 Å². The Hall–Kier alpha value is -3.41. The molecule has 0 bridgehead atoms. The summed E-state index contributed by atoms with van der Waals surface area (Å²) < 4.78 is 1.25. The fraction of sp³-hybridized carbons (Fsp3) is 0.654. The Balaban J connectivity index is 3.16. The number of likely N-dealkylation sites (N-methyl/N-ethyl adjacent to an activating group) is 1. The van der Waals surface area contributed by atoms with E-state index in [1.807, 2.05) is 13.8 Å². The Labute approximate surface area is 224 Å². The Morgan fingerprint density at radius 3 is 2.47 bits per heavy atom. The van der Waals surface area contributed by atoms with Crippen molar-refractivity contribution in [2.45, 2.75) is 84.7 Å². The van der Waals surface area contributed by atoms with Crippen molar-refractivity contribution in [2.24, 2.45) is 0 Å². The summed E-state index contributed by atoms with van der Waals surface area (Å²) in [7, 11) is 1.77. The third kappa shape index (κ3) is 10.2. The summed E-state index contributed by atoms with van der Waals surface area (Å²) in [4.78, 5) is 56.9. The number of unbranched alkanes of at least 4 members (excludes halogenated alkanes) is 1. The molecule has 0 aliphatic carbocycles. The molecule has 1 rings (SSSR count). The van der Waals surface area contributed by atoms with Crippen LogP contribution in [0.3, 0.4) is 0 Å². The highest BCUT2D eigenvalue weighted by Gasteiger charge is 2.29. The van der Waals surface area contributed by atoms with Crippen molar-refractivity contribution < 1.29 is 19.5 Å². The van der Waals surface area contributed by atoms with E-state index in [1.54, 1.807) is 25.8 Å². The largest absolute Gasteiger partial charge is 0.806 e. The van der Waals surface area contributed by atoms with Gasteiger partial charge in [0.1, 0.15) is 6.04 Å². The topological polar surface area (TPSA) is 180 Å². The molecule has 1 heterocycles. The van der Waals surface area contributed by atoms with Gasteiger partial charge in [-0.1, -0.05) is 40.5 Å². The molecule has 2 atom stereocenters. The Morgan fingerprint density at radius 2 is 1.92 bits per heavy atom. The van der Waals surface area contributed by atoms with Crippen molar-refractivity contribution in [2.75, 3.05) is 32.0 Å². The van der Waals surface area contributed by atoms with Gasteiger partial charge in [0.2, 0.25) is 5.91 Å². The molecule has 1 aromatic rings. The number of aromatic nitrogens is 2. The molecule has 38 heavy (non-hydrogen) atoms. The van der Waals surface area contributed by atoms with Crippen LogP contribution in [0.1, 0.15) is 78.0 Å². The van der Waals surface area contributed by atoms with E-state index in [0.717, 1.165) is 12.8 Å². The minimum Gasteiger partial charge on any atom is -0.806 e. The first-order chi connectivity index (χ1) is 18.0. The lowest BCUT2D eigenvalue weighted by molar-refractivity contribution is -0.140. The summed E-state index contributed by atoms with van der Waals surface area (Å²) in [5.74, 6) is -2.25. The van der Waals surface area contributed by atoms with Crippen LogP contribution in [0.15, 0.2) is 11.0 Å². The summed E-state index contributed by atoms with van der Waals surface area (Å²) in [6.45, 7) is 8.18. The maximum atomic E-state index is 13.3. The predicted molar refractivity (Wildman–Crippen MR) is 148 cm³/mol. The monoisotopic (exact) mass is 532 g/mol. The molecular weight excluding hydrogens is 490 g/mol. The fourth-order valence-electron chi connectivity index (χ4n) is 3.82. The van der Waals surface area contributed by atoms with E-state index in [1.165, 1.54) is 10.8 Å². The van der Waals surface area contributed by atoms with Crippen LogP contribution in [-0.4, -0.2) is 81.4 Å². The number of hydrogen-bond donors (Lipinski definition) is 4. The van der Waals surface area contributed by atoms with Crippen LogP contribution in [0.4, 0.5) is 5.82 Å². The number of ketones is 1. The van der Waals surface area contributed by atoms with Gasteiger partial charge in [-0.3, -0.25) is 28.6 Å². The number of aryl methyl sites for hydroxylation is 1. The second-order valence-corrected chi connectivity index (χ2v) is 9.24. The van der Waals surface area contributed by atoms with Crippen molar-refractivity contribution in [1.29, 1.82) is 5.41 Å². The normalized spacial score (nSPS) is 12.6. The zero-order valence-electron chi connectivity index (χ0n) is 23.2. The molecule has 1 aromatic heterocycles. The van der Waals surface area contributed by atoms with Gasteiger partial charge < -0.3 is 26.6 Å². The summed E-state index contributed by atoms with van der Waals surface area (Å²) in [6, 6.07) is -2.22. The minimum absolute atomic E-state index is 0.00169. The molecule has 0 saturated heterocycles. The number of hydrogen-bond acceptors (Lipinski definition) is 8. The van der Waals surface area contributed by atoms with E-state index in [4.69, 9.17) is 5.41 Å². The van der Waals surface area contributed by atoms with Gasteiger partial charge in [0.25, 0.3) is 5.56 Å². The van der Waals surface area contributed by atoms with E-state index in [-0.39, 0.29) is 43.2 Å². The quantitative estimate of drug-likeness (QED) is 0.196. The molecule has 0 aliphatic heterocycles. The van der Waals surface area contributed by atoms with Crippen LogP contribution >= 0.6 is 0 Å². The molecule has 1 amide bonds. The predicted octanol–water partition coefficient (Wildman–Crippen LogP) is 2.26. The molecule has 2 unspecified atom stereocenters. The van der Waals surface area contributed by atoms with Gasteiger partial charge in [-0.2, -0.15) is 5.71 Å². The van der Waals surface area contributed by atoms with Crippen molar-refractivity contribution in [3.63, 3.8) is 0 Å². The van der Waals surface area contributed by atoms with Gasteiger partial charge >= 0.3 is 5.97 Å². The Bertz CT molecular complexity index is 1050. The highest BCUT2D eigenvalue weighted by atomic mass is 16.4. The molecule has 212 valence electrons. The van der Waals surface area contributed by atoms with Crippen molar-refractivity contribution in [3.8, 4) is 0 Å². The third-order valence-electron chi connectivity index (χ3n) is 6.12. The van der Waals surface area contributed by atoms with Gasteiger partial charge in [0.15, 0.2) is 11.6 Å². The van der Waals surface area contributed by atoms with Crippen LogP contribution < -0.4 is 16.2 Å². The van der Waals surface area contributed by atoms with Gasteiger partial charge in [-0.05, 0) is 32.9 Å². The Morgan fingerprint density at radius 1 is 1.24 bits per heavy atom. The van der Waals surface area contributed by atoms with Gasteiger partial charge in [0.05, 0.1) is 24.7 Å². The van der Waals surface area contributed by atoms with Crippen molar-refractivity contribution in [3.05, 3.63) is 27.7 Å². The van der Waals surface area contributed by atoms with Crippen LogP contribution in [0, 0.1) is 5.41 Å². The minimum atomic E-state index is -1.23. The highest BCUT2D eigenvalue weighted by molar-refractivity contribution is 6.42. The number of carboxylic acid groups (broad SMARTS) is 1. The average molecular weight is 533 g/mol. The number of aliphatic carboxylic acids is 1. The second-order valence-electron chi connectivity index (χ2n) is 9.24. The van der Waals surface area contributed by atoms with E-state index in [9.17, 15) is 29.7 Å². The number of rotatable bonds is 19. The maximum Gasteiger partial charge on any atom is 0.305 e. The SMILES string of the molecule is CCCCN(C)CC(=O)C(CC(=O)O)NC(=O)C(CC)n1cc(CC)nc(NCCC(=N)C(=[N-])CC)c1=O. The Kier molecular flexibility index (Phi) is 14.1. The van der Waals surface area contributed by atoms with Gasteiger partial charge in [-0.25, -0.2) is 4.98 Å². The molecule has 4 N–H and O–H groups in total. The van der Waals surface area contributed by atoms with Gasteiger partial charge in [-0.15, -0.1) is 0 Å². The van der Waals surface area contributed by atoms with E-state index >= 15 is 0 Å². The first kappa shape index (κ1) is 32.6. The average Bonchev–Trinajstić information content (AvgIpc) is 2.88. The van der Waals surface area contributed by atoms with Crippen LogP contribution in [0.2, 0.25) is 0 Å². The summed E-state index contributed by atoms with van der Waals surface area (Å²) >= 11 is 0. The number of carbonyl (C=O) groups is 3. The number of nitrogens with one attached hydrogen (secondary N) is 3. The number of carboxylic acids is 1. The lowest BCUT2D eigenvalue weighted by Crippen LogP contribution is -2.49. The first-order valence-corrected chi connectivity index (χ1v) is 13.2. The van der Waals surface area contributed by atoms with Crippen molar-refractivity contribution in [1.82, 2.24) is 19.8 Å². The zero-order chi connectivity index (χ0) is 28.8. The number of carbonyl (C=O) groups excluding carboxylic acids is 2. The van der Waals surface area contributed by atoms with E-state index < -0.39 is 41.7 Å². The number of anilines is 1. The second kappa shape index (κ2) is 16.4. The first-order valence-electron chi connectivity index (χ1n) is 13.2. The lowest BCUT2D eigenvalue weighted by Gasteiger charge is -2.24. The van der Waals surface area contributed by atoms with Crippen LogP contribution in [0.5, 0.6) is 0 Å². The number of Topliss-reactive ketones (excluding diaryl/α,β-unsaturated/α-hetero) is 1. The molecule has 0 aromatic carbocycles. The lowest BCUT2D eigenvalue weighted by atomic mass is 10.1. The number of nitrogens with zero attached hydrogens (tertiary/aromatic N) is 4. The molecule has 0 radical (unpaired) electrons. The molecule has 0 spiro atoms. The van der Waals surface area contributed by atoms with E-state index in [2.05, 4.69) is 15.6 Å². The van der Waals surface area contributed by atoms with Crippen molar-refractivity contribution >= 4 is 34.9 Å².